The quantitative estimate of drug-likeness (QED) is 0.708. The van der Waals surface area contributed by atoms with Gasteiger partial charge in [0.1, 0.15) is 5.82 Å². The number of piperidine rings is 1. The number of aromatic nitrogens is 2. The molecule has 1 atom stereocenters. The molecular weight excluding hydrogens is 402 g/mol. The summed E-state index contributed by atoms with van der Waals surface area (Å²) < 4.78 is 27.3. The molecule has 0 saturated carbocycles. The molecule has 2 aliphatic heterocycles. The molecule has 3 aliphatic rings. The molecule has 0 spiro atoms. The fourth-order valence-electron chi connectivity index (χ4n) is 4.82. The molecule has 30 heavy (non-hydrogen) atoms. The number of nitrogens with zero attached hydrogens (tertiary/aromatic N) is 4. The molecule has 0 unspecified atom stereocenters. The van der Waals surface area contributed by atoms with Crippen molar-refractivity contribution in [2.45, 2.75) is 51.0 Å². The Kier molecular flexibility index (Phi) is 6.43. The van der Waals surface area contributed by atoms with E-state index in [1.807, 2.05) is 0 Å². The SMILES string of the molecule is CN(C)S(=O)(=O)N1CCc2nc(C3CCN(C[C@@H]4CC=CCC4)CC3)[nH]c(=O)c2C1. The van der Waals surface area contributed by atoms with E-state index in [0.29, 0.717) is 18.5 Å². The van der Waals surface area contributed by atoms with Crippen molar-refractivity contribution in [1.82, 2.24) is 23.5 Å². The number of allylic oxidation sites excluding steroid dienone is 2. The van der Waals surface area contributed by atoms with E-state index in [4.69, 9.17) is 4.98 Å². The minimum atomic E-state index is -3.53. The van der Waals surface area contributed by atoms with Crippen molar-refractivity contribution in [3.63, 3.8) is 0 Å². The number of H-pyrrole nitrogens is 1. The molecule has 0 aromatic carbocycles. The Morgan fingerprint density at radius 2 is 1.93 bits per heavy atom. The summed E-state index contributed by atoms with van der Waals surface area (Å²) >= 11 is 0. The van der Waals surface area contributed by atoms with Crippen molar-refractivity contribution in [2.24, 2.45) is 5.92 Å². The summed E-state index contributed by atoms with van der Waals surface area (Å²) in [6.45, 7) is 3.70. The first-order valence-corrected chi connectivity index (χ1v) is 12.4. The maximum absolute atomic E-state index is 12.7. The molecule has 0 bridgehead atoms. The van der Waals surface area contributed by atoms with Crippen LogP contribution in [0.1, 0.15) is 55.1 Å². The van der Waals surface area contributed by atoms with Gasteiger partial charge in [0.15, 0.2) is 0 Å². The molecule has 9 heteroatoms. The highest BCUT2D eigenvalue weighted by molar-refractivity contribution is 7.86. The Bertz CT molecular complexity index is 948. The Hall–Kier alpha value is -1.55. The van der Waals surface area contributed by atoms with Crippen LogP contribution in [0.2, 0.25) is 0 Å². The number of aromatic amines is 1. The molecule has 1 aromatic heterocycles. The first-order valence-electron chi connectivity index (χ1n) is 11.0. The monoisotopic (exact) mass is 435 g/mol. The zero-order chi connectivity index (χ0) is 21.3. The molecule has 3 heterocycles. The van der Waals surface area contributed by atoms with Gasteiger partial charge in [0.2, 0.25) is 0 Å². The molecule has 1 aromatic rings. The zero-order valence-corrected chi connectivity index (χ0v) is 18.8. The molecule has 1 aliphatic carbocycles. The first kappa shape index (κ1) is 21.7. The van der Waals surface area contributed by atoms with E-state index in [2.05, 4.69) is 22.0 Å². The predicted molar refractivity (Wildman–Crippen MR) is 116 cm³/mol. The van der Waals surface area contributed by atoms with Gasteiger partial charge in [0.25, 0.3) is 15.8 Å². The second-order valence-electron chi connectivity index (χ2n) is 8.98. The van der Waals surface area contributed by atoms with Gasteiger partial charge in [-0.15, -0.1) is 0 Å². The highest BCUT2D eigenvalue weighted by atomic mass is 32.2. The van der Waals surface area contributed by atoms with E-state index in [-0.39, 0.29) is 18.0 Å². The van der Waals surface area contributed by atoms with Gasteiger partial charge in [-0.25, -0.2) is 4.98 Å². The van der Waals surface area contributed by atoms with E-state index in [0.717, 1.165) is 43.4 Å². The minimum absolute atomic E-state index is 0.0900. The van der Waals surface area contributed by atoms with Crippen molar-refractivity contribution in [2.75, 3.05) is 40.3 Å². The van der Waals surface area contributed by atoms with Gasteiger partial charge in [-0.05, 0) is 51.1 Å². The second kappa shape index (κ2) is 8.90. The molecule has 166 valence electrons. The lowest BCUT2D eigenvalue weighted by Gasteiger charge is -2.34. The van der Waals surface area contributed by atoms with Crippen molar-refractivity contribution >= 4 is 10.2 Å². The summed E-state index contributed by atoms with van der Waals surface area (Å²) in [5.74, 6) is 1.83. The van der Waals surface area contributed by atoms with Crippen LogP contribution in [0, 0.1) is 5.92 Å². The maximum Gasteiger partial charge on any atom is 0.281 e. The third-order valence-electron chi connectivity index (χ3n) is 6.71. The van der Waals surface area contributed by atoms with Crippen LogP contribution in [0.25, 0.3) is 0 Å². The Morgan fingerprint density at radius 3 is 2.60 bits per heavy atom. The molecule has 4 rings (SSSR count). The van der Waals surface area contributed by atoms with Crippen molar-refractivity contribution in [3.05, 3.63) is 39.6 Å². The van der Waals surface area contributed by atoms with Gasteiger partial charge >= 0.3 is 0 Å². The van der Waals surface area contributed by atoms with Crippen LogP contribution >= 0.6 is 0 Å². The predicted octanol–water partition coefficient (Wildman–Crippen LogP) is 1.47. The molecule has 1 fully saturated rings. The summed E-state index contributed by atoms with van der Waals surface area (Å²) in [5, 5.41) is 0. The smallest absolute Gasteiger partial charge is 0.281 e. The number of hydrogen-bond acceptors (Lipinski definition) is 5. The van der Waals surface area contributed by atoms with Crippen LogP contribution in [-0.4, -0.2) is 72.2 Å². The van der Waals surface area contributed by atoms with Gasteiger partial charge in [-0.3, -0.25) is 4.79 Å². The van der Waals surface area contributed by atoms with E-state index < -0.39 is 10.2 Å². The van der Waals surface area contributed by atoms with E-state index in [1.54, 1.807) is 0 Å². The summed E-state index contributed by atoms with van der Waals surface area (Å²) in [7, 11) is -0.517. The lowest BCUT2D eigenvalue weighted by molar-refractivity contribution is 0.175. The standard InChI is InChI=1S/C21H33N5O3S/c1-24(2)30(28,29)26-13-10-19-18(15-26)21(27)23-20(22-19)17-8-11-25(12-9-17)14-16-6-4-3-5-7-16/h3-4,16-17H,5-15H2,1-2H3,(H,22,23,27)/t16-/m1/s1. The summed E-state index contributed by atoms with van der Waals surface area (Å²) in [5.41, 5.74) is 1.05. The van der Waals surface area contributed by atoms with Gasteiger partial charge in [0, 0.05) is 46.1 Å². The average molecular weight is 436 g/mol. The van der Waals surface area contributed by atoms with Crippen LogP contribution in [0.15, 0.2) is 16.9 Å². The fourth-order valence-corrected chi connectivity index (χ4v) is 5.89. The first-order chi connectivity index (χ1) is 14.3. The van der Waals surface area contributed by atoms with Gasteiger partial charge in [-0.1, -0.05) is 12.2 Å². The van der Waals surface area contributed by atoms with Crippen molar-refractivity contribution in [1.29, 1.82) is 0 Å². The van der Waals surface area contributed by atoms with Gasteiger partial charge in [-0.2, -0.15) is 17.0 Å². The van der Waals surface area contributed by atoms with Crippen LogP contribution in [0.3, 0.4) is 0 Å². The normalized spacial score (nSPS) is 24.3. The minimum Gasteiger partial charge on any atom is -0.310 e. The van der Waals surface area contributed by atoms with Gasteiger partial charge < -0.3 is 9.88 Å². The number of nitrogens with one attached hydrogen (secondary N) is 1. The third kappa shape index (κ3) is 4.54. The number of fused-ring (bicyclic) bond motifs is 1. The second-order valence-corrected chi connectivity index (χ2v) is 11.1. The van der Waals surface area contributed by atoms with Crippen LogP contribution in [0.5, 0.6) is 0 Å². The summed E-state index contributed by atoms with van der Waals surface area (Å²) in [4.78, 5) is 23.1. The van der Waals surface area contributed by atoms with E-state index >= 15 is 0 Å². The highest BCUT2D eigenvalue weighted by Crippen LogP contribution is 2.28. The van der Waals surface area contributed by atoms with E-state index in [1.165, 1.54) is 48.5 Å². The Labute approximate surface area is 179 Å². The van der Waals surface area contributed by atoms with Crippen LogP contribution in [0.4, 0.5) is 0 Å². The van der Waals surface area contributed by atoms with Gasteiger partial charge in [0.05, 0.1) is 11.3 Å². The molecule has 1 N–H and O–H groups in total. The fraction of sp³-hybridized carbons (Fsp3) is 0.714. The van der Waals surface area contributed by atoms with Crippen LogP contribution < -0.4 is 5.56 Å². The molecule has 8 nitrogen and oxygen atoms in total. The topological polar surface area (TPSA) is 89.6 Å². The van der Waals surface area contributed by atoms with E-state index in [9.17, 15) is 13.2 Å². The number of hydrogen-bond donors (Lipinski definition) is 1. The third-order valence-corrected chi connectivity index (χ3v) is 8.60. The summed E-state index contributed by atoms with van der Waals surface area (Å²) in [6, 6.07) is 0. The van der Waals surface area contributed by atoms with Crippen molar-refractivity contribution in [3.8, 4) is 0 Å². The lowest BCUT2D eigenvalue weighted by atomic mass is 9.91. The largest absolute Gasteiger partial charge is 0.310 e. The Morgan fingerprint density at radius 1 is 1.17 bits per heavy atom. The van der Waals surface area contributed by atoms with Crippen LogP contribution in [-0.2, 0) is 23.2 Å². The number of rotatable bonds is 5. The molecule has 1 saturated heterocycles. The molecule has 0 radical (unpaired) electrons. The zero-order valence-electron chi connectivity index (χ0n) is 18.0. The lowest BCUT2D eigenvalue weighted by Crippen LogP contribution is -2.45. The number of likely N-dealkylation sites (tertiary alicyclic amines) is 1. The summed E-state index contributed by atoms with van der Waals surface area (Å²) in [6.07, 6.45) is 10.8. The molecule has 0 amide bonds. The molecular formula is C21H33N5O3S. The van der Waals surface area contributed by atoms with Crippen molar-refractivity contribution < 1.29 is 8.42 Å². The highest BCUT2D eigenvalue weighted by Gasteiger charge is 2.32. The Balaban J connectivity index is 1.41. The maximum atomic E-state index is 12.7. The average Bonchev–Trinajstić information content (AvgIpc) is 2.74.